The lowest BCUT2D eigenvalue weighted by Gasteiger charge is -2.22. The zero-order valence-corrected chi connectivity index (χ0v) is 30.8. The van der Waals surface area contributed by atoms with Gasteiger partial charge in [0.25, 0.3) is 0 Å². The number of fused-ring (bicyclic) bond motifs is 3. The SMILES string of the molecule is Cc1cc(OCCCC2=C3C(=O)N(c4cc(C(=O)O)cc(-c5cccn5C)c4)CCC[NH+]3c3c2ccc(Cl)c3-c2c(C)n[nH]c2C)cc(C)c1Cl. The lowest BCUT2D eigenvalue weighted by Crippen LogP contribution is -3.05. The van der Waals surface area contributed by atoms with Crippen LogP contribution in [0.5, 0.6) is 5.75 Å². The molecule has 1 saturated heterocycles. The molecule has 0 radical (unpaired) electrons. The zero-order chi connectivity index (χ0) is 36.1. The van der Waals surface area contributed by atoms with Crippen molar-refractivity contribution in [1.29, 1.82) is 0 Å². The summed E-state index contributed by atoms with van der Waals surface area (Å²) in [7, 11) is 1.92. The number of halogens is 2. The Hall–Kier alpha value is -4.83. The van der Waals surface area contributed by atoms with Gasteiger partial charge in [-0.15, -0.1) is 0 Å². The number of rotatable bonds is 9. The molecule has 51 heavy (non-hydrogen) atoms. The summed E-state index contributed by atoms with van der Waals surface area (Å²) >= 11 is 13.4. The van der Waals surface area contributed by atoms with Crippen LogP contribution < -0.4 is 14.5 Å². The number of benzene rings is 3. The van der Waals surface area contributed by atoms with Gasteiger partial charge in [-0.3, -0.25) is 14.8 Å². The lowest BCUT2D eigenvalue weighted by molar-refractivity contribution is -0.780. The van der Waals surface area contributed by atoms with Crippen LogP contribution in [0.3, 0.4) is 0 Å². The van der Waals surface area contributed by atoms with Crippen molar-refractivity contribution in [3.05, 3.63) is 110 Å². The van der Waals surface area contributed by atoms with Crippen molar-refractivity contribution in [2.45, 2.75) is 47.0 Å². The molecule has 1 amide bonds. The Morgan fingerprint density at radius 3 is 2.47 bits per heavy atom. The molecule has 3 N–H and O–H groups in total. The van der Waals surface area contributed by atoms with E-state index >= 15 is 4.79 Å². The molecule has 2 aliphatic heterocycles. The van der Waals surface area contributed by atoms with E-state index in [1.807, 2.05) is 88.0 Å². The zero-order valence-electron chi connectivity index (χ0n) is 29.3. The summed E-state index contributed by atoms with van der Waals surface area (Å²) in [5.41, 5.74) is 11.3. The van der Waals surface area contributed by atoms with E-state index in [0.717, 1.165) is 77.4 Å². The molecule has 0 spiro atoms. The number of carbonyl (C=O) groups is 2. The number of nitrogens with zero attached hydrogens (tertiary/aromatic N) is 3. The summed E-state index contributed by atoms with van der Waals surface area (Å²) < 4.78 is 8.14. The van der Waals surface area contributed by atoms with Gasteiger partial charge in [0, 0.05) is 70.6 Å². The number of allylic oxidation sites excluding steroid dienone is 1. The number of hydrogen-bond donors (Lipinski definition) is 3. The summed E-state index contributed by atoms with van der Waals surface area (Å²) in [6.45, 7) is 9.40. The Bertz CT molecular complexity index is 2210. The number of aromatic amines is 1. The minimum atomic E-state index is -1.05. The van der Waals surface area contributed by atoms with E-state index in [9.17, 15) is 9.90 Å². The summed E-state index contributed by atoms with van der Waals surface area (Å²) in [6, 6.07) is 16.9. The van der Waals surface area contributed by atoms with Crippen LogP contribution in [0.4, 0.5) is 11.4 Å². The van der Waals surface area contributed by atoms with Crippen LogP contribution in [0, 0.1) is 27.7 Å². The number of carbonyl (C=O) groups excluding carboxylic acids is 1. The molecule has 4 heterocycles. The summed E-state index contributed by atoms with van der Waals surface area (Å²) in [5.74, 6) is -0.442. The van der Waals surface area contributed by atoms with E-state index in [1.54, 1.807) is 17.0 Å². The molecule has 0 saturated carbocycles. The summed E-state index contributed by atoms with van der Waals surface area (Å²) in [6.07, 6.45) is 3.85. The van der Waals surface area contributed by atoms with E-state index in [1.165, 1.54) is 0 Å². The molecule has 9 nitrogen and oxygen atoms in total. The second kappa shape index (κ2) is 13.7. The number of hydrogen-bond acceptors (Lipinski definition) is 4. The third-order valence-electron chi connectivity index (χ3n) is 10.00. The topological polar surface area (TPSA) is 105 Å². The van der Waals surface area contributed by atoms with Crippen LogP contribution in [-0.2, 0) is 11.8 Å². The molecule has 1 atom stereocenters. The monoisotopic (exact) mass is 724 g/mol. The van der Waals surface area contributed by atoms with Crippen LogP contribution in [0.25, 0.3) is 28.0 Å². The van der Waals surface area contributed by atoms with Crippen molar-refractivity contribution in [3.63, 3.8) is 0 Å². The van der Waals surface area contributed by atoms with E-state index in [0.29, 0.717) is 55.4 Å². The summed E-state index contributed by atoms with van der Waals surface area (Å²) in [4.78, 5) is 30.1. The first kappa shape index (κ1) is 34.6. The fourth-order valence-corrected chi connectivity index (χ4v) is 8.00. The van der Waals surface area contributed by atoms with Gasteiger partial charge in [-0.2, -0.15) is 5.10 Å². The number of aromatic carboxylic acids is 1. The fraction of sp³-hybridized carbons (Fsp3) is 0.275. The van der Waals surface area contributed by atoms with Crippen LogP contribution >= 0.6 is 23.2 Å². The van der Waals surface area contributed by atoms with Crippen molar-refractivity contribution >= 4 is 52.0 Å². The Kier molecular flexibility index (Phi) is 9.31. The highest BCUT2D eigenvalue weighted by atomic mass is 35.5. The Balaban J connectivity index is 1.31. The van der Waals surface area contributed by atoms with Crippen molar-refractivity contribution in [3.8, 4) is 28.1 Å². The highest BCUT2D eigenvalue weighted by Crippen LogP contribution is 2.45. The number of aryl methyl sites for hydroxylation is 5. The number of carboxylic acids is 1. The lowest BCUT2D eigenvalue weighted by atomic mass is 9.94. The van der Waals surface area contributed by atoms with Gasteiger partial charge in [0.2, 0.25) is 5.70 Å². The largest absolute Gasteiger partial charge is 0.494 e. The third-order valence-corrected chi connectivity index (χ3v) is 10.9. The van der Waals surface area contributed by atoms with Crippen LogP contribution in [-0.4, -0.2) is 51.4 Å². The van der Waals surface area contributed by atoms with E-state index in [2.05, 4.69) is 10.2 Å². The molecule has 0 aliphatic carbocycles. The van der Waals surface area contributed by atoms with Crippen LogP contribution in [0.1, 0.15) is 57.7 Å². The Morgan fingerprint density at radius 1 is 1.04 bits per heavy atom. The number of H-pyrrole nitrogens is 1. The molecule has 3 aromatic carbocycles. The second-order valence-electron chi connectivity index (χ2n) is 13.4. The van der Waals surface area contributed by atoms with Crippen molar-refractivity contribution in [1.82, 2.24) is 14.8 Å². The van der Waals surface area contributed by atoms with Gasteiger partial charge >= 0.3 is 11.9 Å². The molecule has 262 valence electrons. The maximum absolute atomic E-state index is 15.0. The maximum Gasteiger partial charge on any atom is 0.335 e. The third kappa shape index (κ3) is 6.24. The number of carboxylic acid groups (broad SMARTS) is 1. The Labute approximate surface area is 307 Å². The van der Waals surface area contributed by atoms with Crippen molar-refractivity contribution < 1.29 is 24.3 Å². The first-order chi connectivity index (χ1) is 24.4. The molecule has 2 aromatic heterocycles. The van der Waals surface area contributed by atoms with E-state index in [-0.39, 0.29) is 11.5 Å². The smallest absolute Gasteiger partial charge is 0.335 e. The first-order valence-electron chi connectivity index (χ1n) is 17.1. The number of ether oxygens (including phenoxy) is 1. The minimum Gasteiger partial charge on any atom is -0.494 e. The molecule has 1 fully saturated rings. The van der Waals surface area contributed by atoms with Gasteiger partial charge in [0.15, 0.2) is 5.69 Å². The normalized spacial score (nSPS) is 15.6. The minimum absolute atomic E-state index is 0.124. The number of nitrogens with one attached hydrogen (secondary N) is 2. The molecule has 5 aromatic rings. The number of anilines is 1. The van der Waals surface area contributed by atoms with Gasteiger partial charge in [-0.1, -0.05) is 23.2 Å². The van der Waals surface area contributed by atoms with Crippen molar-refractivity contribution in [2.75, 3.05) is 24.6 Å². The fourth-order valence-electron chi connectivity index (χ4n) is 7.64. The average Bonchev–Trinajstić information content (AvgIpc) is 3.74. The van der Waals surface area contributed by atoms with Gasteiger partial charge in [-0.25, -0.2) is 4.79 Å². The highest BCUT2D eigenvalue weighted by molar-refractivity contribution is 6.34. The van der Waals surface area contributed by atoms with E-state index in [4.69, 9.17) is 27.9 Å². The first-order valence-corrected chi connectivity index (χ1v) is 17.9. The molecule has 1 unspecified atom stereocenters. The quantitative estimate of drug-likeness (QED) is 0.134. The molecule has 7 rings (SSSR count). The van der Waals surface area contributed by atoms with Gasteiger partial charge in [0.05, 0.1) is 35.0 Å². The number of quaternary nitrogens is 1. The van der Waals surface area contributed by atoms with Gasteiger partial charge in [0.1, 0.15) is 5.75 Å². The predicted octanol–water partition coefficient (Wildman–Crippen LogP) is 7.86. The second-order valence-corrected chi connectivity index (χ2v) is 14.2. The van der Waals surface area contributed by atoms with Crippen LogP contribution in [0.15, 0.2) is 66.5 Å². The highest BCUT2D eigenvalue weighted by Gasteiger charge is 2.45. The molecule has 0 bridgehead atoms. The molecule has 2 aliphatic rings. The molecular formula is C40H40Cl2N5O4+. The van der Waals surface area contributed by atoms with Crippen molar-refractivity contribution in [2.24, 2.45) is 7.05 Å². The maximum atomic E-state index is 15.0. The summed E-state index contributed by atoms with van der Waals surface area (Å²) in [5, 5.41) is 19.0. The number of amides is 1. The molecule has 11 heteroatoms. The van der Waals surface area contributed by atoms with Crippen LogP contribution in [0.2, 0.25) is 10.0 Å². The number of aromatic nitrogens is 3. The van der Waals surface area contributed by atoms with Gasteiger partial charge < -0.3 is 19.3 Å². The van der Waals surface area contributed by atoms with Gasteiger partial charge in [-0.05, 0) is 106 Å². The average molecular weight is 726 g/mol. The van der Waals surface area contributed by atoms with E-state index < -0.39 is 5.97 Å². The predicted molar refractivity (Wildman–Crippen MR) is 201 cm³/mol. The molecular weight excluding hydrogens is 685 g/mol. The Morgan fingerprint density at radius 2 is 1.80 bits per heavy atom. The standard InChI is InChI=1S/C40H39Cl2N5O4/c1-22-17-29(18-23(2)36(22)42)51-16-7-9-30-31-11-12-32(41)35(34-24(3)43-44-25(34)4)37(31)47-15-8-14-46(39(48)38(30)47)28-20-26(19-27(21-28)40(49)50)33-10-6-13-45(33)5/h6,10-13,17-21H,7-9,14-16H2,1-5H3,(H,43,44)(H,49,50)/p+1.